The van der Waals surface area contributed by atoms with E-state index < -0.39 is 0 Å². The zero-order valence-electron chi connectivity index (χ0n) is 17.1. The van der Waals surface area contributed by atoms with Crippen molar-refractivity contribution in [3.8, 4) is 5.75 Å². The van der Waals surface area contributed by atoms with E-state index in [2.05, 4.69) is 43.4 Å². The van der Waals surface area contributed by atoms with Crippen LogP contribution in [-0.4, -0.2) is 13.0 Å². The van der Waals surface area contributed by atoms with Gasteiger partial charge >= 0.3 is 0 Å². The minimum absolute atomic E-state index is 0.0230. The topological polar surface area (TPSA) is 38.3 Å². The van der Waals surface area contributed by atoms with Gasteiger partial charge in [-0.3, -0.25) is 4.79 Å². The smallest absolute Gasteiger partial charge is 0.251 e. The zero-order chi connectivity index (χ0) is 20.6. The van der Waals surface area contributed by atoms with Crippen molar-refractivity contribution in [3.63, 3.8) is 0 Å². The van der Waals surface area contributed by atoms with Crippen molar-refractivity contribution in [1.29, 1.82) is 0 Å². The van der Waals surface area contributed by atoms with Crippen LogP contribution in [0.2, 0.25) is 0 Å². The van der Waals surface area contributed by atoms with E-state index in [-0.39, 0.29) is 11.9 Å². The number of methoxy groups -OCH3 is 1. The average Bonchev–Trinajstić information content (AvgIpc) is 2.77. The molecule has 1 N–H and O–H groups in total. The van der Waals surface area contributed by atoms with Gasteiger partial charge < -0.3 is 10.1 Å². The third-order valence-corrected chi connectivity index (χ3v) is 5.96. The van der Waals surface area contributed by atoms with Crippen molar-refractivity contribution >= 4 is 17.7 Å². The van der Waals surface area contributed by atoms with E-state index in [9.17, 15) is 4.79 Å². The van der Waals surface area contributed by atoms with E-state index in [1.165, 1.54) is 16.0 Å². The van der Waals surface area contributed by atoms with E-state index >= 15 is 0 Å². The van der Waals surface area contributed by atoms with Crippen molar-refractivity contribution < 1.29 is 9.53 Å². The molecule has 1 unspecified atom stereocenters. The molecule has 0 aromatic heterocycles. The number of amides is 1. The number of aryl methyl sites for hydroxylation is 1. The van der Waals surface area contributed by atoms with Gasteiger partial charge in [0.2, 0.25) is 0 Å². The Balaban J connectivity index is 1.59. The number of hydrogen-bond donors (Lipinski definition) is 1. The Kier molecular flexibility index (Phi) is 7.36. The summed E-state index contributed by atoms with van der Waals surface area (Å²) in [5.74, 6) is 1.65. The average molecular weight is 406 g/mol. The number of rotatable bonds is 8. The minimum Gasteiger partial charge on any atom is -0.497 e. The highest BCUT2D eigenvalue weighted by atomic mass is 32.2. The van der Waals surface area contributed by atoms with Crippen molar-refractivity contribution in [1.82, 2.24) is 5.32 Å². The molecule has 0 aliphatic rings. The van der Waals surface area contributed by atoms with Crippen molar-refractivity contribution in [2.45, 2.75) is 37.0 Å². The molecule has 1 amide bonds. The van der Waals surface area contributed by atoms with Crippen LogP contribution < -0.4 is 10.1 Å². The van der Waals surface area contributed by atoms with Crippen molar-refractivity contribution in [2.75, 3.05) is 7.11 Å². The van der Waals surface area contributed by atoms with Gasteiger partial charge in [0.05, 0.1) is 13.2 Å². The Morgan fingerprint density at radius 3 is 2.21 bits per heavy atom. The lowest BCUT2D eigenvalue weighted by molar-refractivity contribution is 0.0935. The Morgan fingerprint density at radius 2 is 1.62 bits per heavy atom. The molecule has 0 aliphatic heterocycles. The maximum Gasteiger partial charge on any atom is 0.251 e. The van der Waals surface area contributed by atoms with Crippen LogP contribution in [0.5, 0.6) is 5.75 Å². The Bertz CT molecular complexity index is 919. The first-order valence-corrected chi connectivity index (χ1v) is 10.8. The summed E-state index contributed by atoms with van der Waals surface area (Å²) < 4.78 is 5.21. The van der Waals surface area contributed by atoms with Gasteiger partial charge in [0.1, 0.15) is 5.75 Å². The molecule has 0 bridgehead atoms. The first-order valence-electron chi connectivity index (χ1n) is 9.82. The monoisotopic (exact) mass is 405 g/mol. The molecule has 0 fully saturated rings. The van der Waals surface area contributed by atoms with Gasteiger partial charge in [0.15, 0.2) is 0 Å². The number of ether oxygens (including phenoxy) is 1. The van der Waals surface area contributed by atoms with Crippen LogP contribution >= 0.6 is 11.8 Å². The number of hydrogen-bond acceptors (Lipinski definition) is 3. The molecule has 1 atom stereocenters. The first kappa shape index (κ1) is 21.0. The lowest BCUT2D eigenvalue weighted by Gasteiger charge is -2.18. The van der Waals surface area contributed by atoms with Gasteiger partial charge in [-0.15, -0.1) is 11.8 Å². The fraction of sp³-hybridized carbons (Fsp3) is 0.240. The fourth-order valence-electron chi connectivity index (χ4n) is 3.05. The molecule has 0 saturated heterocycles. The number of carbonyl (C=O) groups is 1. The van der Waals surface area contributed by atoms with E-state index in [1.54, 1.807) is 18.9 Å². The highest BCUT2D eigenvalue weighted by Crippen LogP contribution is 2.24. The van der Waals surface area contributed by atoms with Gasteiger partial charge in [-0.05, 0) is 60.9 Å². The largest absolute Gasteiger partial charge is 0.497 e. The molecular formula is C25H27NO2S. The fourth-order valence-corrected chi connectivity index (χ4v) is 3.91. The molecule has 150 valence electrons. The maximum absolute atomic E-state index is 12.7. The molecule has 0 saturated carbocycles. The molecule has 4 heteroatoms. The third kappa shape index (κ3) is 5.88. The molecule has 3 aromatic carbocycles. The second-order valence-electron chi connectivity index (χ2n) is 7.01. The Labute approximate surface area is 177 Å². The summed E-state index contributed by atoms with van der Waals surface area (Å²) in [5.41, 5.74) is 4.23. The maximum atomic E-state index is 12.7. The summed E-state index contributed by atoms with van der Waals surface area (Å²) in [5, 5.41) is 3.13. The van der Waals surface area contributed by atoms with Gasteiger partial charge in [0, 0.05) is 16.2 Å². The molecule has 3 aromatic rings. The van der Waals surface area contributed by atoms with E-state index in [4.69, 9.17) is 4.74 Å². The molecule has 0 radical (unpaired) electrons. The second-order valence-corrected chi connectivity index (χ2v) is 8.05. The lowest BCUT2D eigenvalue weighted by Crippen LogP contribution is -2.28. The summed E-state index contributed by atoms with van der Waals surface area (Å²) in [6, 6.07) is 24.2. The first-order chi connectivity index (χ1) is 14.1. The standard InChI is InChI=1S/C25H27NO2S/c1-4-24(20-11-13-22(28-3)14-12-20)26-25(27)21-9-7-19(8-10-21)17-29-23-15-5-18(2)6-16-23/h5-16,24H,4,17H2,1-3H3,(H,26,27). The van der Waals surface area contributed by atoms with Crippen LogP contribution in [0.1, 0.15) is 46.4 Å². The predicted octanol–water partition coefficient (Wildman–Crippen LogP) is 6.18. The number of carbonyl (C=O) groups excluding carboxylic acids is 1. The van der Waals surface area contributed by atoms with Crippen LogP contribution in [0.3, 0.4) is 0 Å². The molecule has 0 spiro atoms. The summed E-state index contributed by atoms with van der Waals surface area (Å²) in [4.78, 5) is 13.9. The number of thioether (sulfide) groups is 1. The lowest BCUT2D eigenvalue weighted by atomic mass is 10.0. The molecule has 29 heavy (non-hydrogen) atoms. The van der Waals surface area contributed by atoms with E-state index in [1.807, 2.05) is 48.5 Å². The van der Waals surface area contributed by atoms with Crippen LogP contribution in [0.25, 0.3) is 0 Å². The molecular weight excluding hydrogens is 378 g/mol. The van der Waals surface area contributed by atoms with Gasteiger partial charge in [-0.1, -0.05) is 48.9 Å². The highest BCUT2D eigenvalue weighted by molar-refractivity contribution is 7.98. The number of benzene rings is 3. The normalized spacial score (nSPS) is 11.7. The Morgan fingerprint density at radius 1 is 0.966 bits per heavy atom. The van der Waals surface area contributed by atoms with Gasteiger partial charge in [-0.2, -0.15) is 0 Å². The van der Waals surface area contributed by atoms with E-state index in [0.717, 1.165) is 23.5 Å². The minimum atomic E-state index is -0.0506. The van der Waals surface area contributed by atoms with Crippen LogP contribution in [0, 0.1) is 6.92 Å². The second kappa shape index (κ2) is 10.2. The van der Waals surface area contributed by atoms with Gasteiger partial charge in [-0.25, -0.2) is 0 Å². The quantitative estimate of drug-likeness (QED) is 0.455. The van der Waals surface area contributed by atoms with Crippen LogP contribution in [0.4, 0.5) is 0 Å². The highest BCUT2D eigenvalue weighted by Gasteiger charge is 2.14. The molecule has 0 aliphatic carbocycles. The number of nitrogens with one attached hydrogen (secondary N) is 1. The summed E-state index contributed by atoms with van der Waals surface area (Å²) in [6.45, 7) is 4.16. The molecule has 0 heterocycles. The summed E-state index contributed by atoms with van der Waals surface area (Å²) >= 11 is 1.80. The van der Waals surface area contributed by atoms with E-state index in [0.29, 0.717) is 5.56 Å². The van der Waals surface area contributed by atoms with Crippen molar-refractivity contribution in [2.24, 2.45) is 0 Å². The molecule has 3 nitrogen and oxygen atoms in total. The van der Waals surface area contributed by atoms with Crippen LogP contribution in [-0.2, 0) is 5.75 Å². The van der Waals surface area contributed by atoms with Gasteiger partial charge in [0.25, 0.3) is 5.91 Å². The summed E-state index contributed by atoms with van der Waals surface area (Å²) in [7, 11) is 1.65. The summed E-state index contributed by atoms with van der Waals surface area (Å²) in [6.07, 6.45) is 0.823. The van der Waals surface area contributed by atoms with Crippen LogP contribution in [0.15, 0.2) is 77.7 Å². The van der Waals surface area contributed by atoms with Crippen molar-refractivity contribution in [3.05, 3.63) is 95.1 Å². The Hall–Kier alpha value is -2.72. The SMILES string of the molecule is CCC(NC(=O)c1ccc(CSc2ccc(C)cc2)cc1)c1ccc(OC)cc1. The third-order valence-electron chi connectivity index (χ3n) is 4.87. The predicted molar refractivity (Wildman–Crippen MR) is 121 cm³/mol. The molecule has 3 rings (SSSR count). The zero-order valence-corrected chi connectivity index (χ0v) is 18.0.